The Hall–Kier alpha value is -3.59. The van der Waals surface area contributed by atoms with Gasteiger partial charge in [0.2, 0.25) is 0 Å². The minimum absolute atomic E-state index is 0. The molecule has 352 valence electrons. The third kappa shape index (κ3) is 10.1. The van der Waals surface area contributed by atoms with Crippen LogP contribution in [0.15, 0.2) is 107 Å². The first-order chi connectivity index (χ1) is 31.0. The number of aliphatic hydroxyl groups is 2. The second-order valence-corrected chi connectivity index (χ2v) is 19.0. The number of aliphatic hydroxyl groups excluding tert-OH is 1. The minimum Gasteiger partial charge on any atom is -0.858 e. The van der Waals surface area contributed by atoms with E-state index in [-0.39, 0.29) is 87.0 Å². The van der Waals surface area contributed by atoms with Gasteiger partial charge in [-0.05, 0) is 54.2 Å². The molecule has 3 aliphatic carbocycles. The third-order valence-corrected chi connectivity index (χ3v) is 14.1. The van der Waals surface area contributed by atoms with Crippen molar-refractivity contribution in [3.63, 3.8) is 0 Å². The number of carbonyl (C=O) groups is 5. The third-order valence-electron chi connectivity index (χ3n) is 13.6. The fourth-order valence-electron chi connectivity index (χ4n) is 10.4. The van der Waals surface area contributed by atoms with E-state index in [1.54, 1.807) is 42.5 Å². The summed E-state index contributed by atoms with van der Waals surface area (Å²) in [6.07, 6.45) is -12.2. The number of phosphoric acid groups is 1. The second-order valence-electron chi connectivity index (χ2n) is 17.8. The van der Waals surface area contributed by atoms with Crippen LogP contribution in [0.25, 0.3) is 0 Å². The molecule has 68 heavy (non-hydrogen) atoms. The van der Waals surface area contributed by atoms with Gasteiger partial charge in [0.15, 0.2) is 23.6 Å². The summed E-state index contributed by atoms with van der Waals surface area (Å²) in [7, 11) is -5.74. The number of hydrogen-bond acceptors (Lipinski definition) is 17. The molecule has 3 N–H and O–H groups in total. The Balaban J connectivity index is 0.00000432. The molecule has 1 heterocycles. The zero-order valence-corrected chi connectivity index (χ0v) is 43.7. The van der Waals surface area contributed by atoms with Crippen LogP contribution in [-0.2, 0) is 52.0 Å². The number of aliphatic imine (C=N–C) groups is 1. The number of ether oxygens (including phenoxy) is 5. The maximum Gasteiger partial charge on any atom is 1.00 e. The summed E-state index contributed by atoms with van der Waals surface area (Å²) in [5, 5.41) is 39.0. The molecule has 0 radical (unpaired) electrons. The van der Waals surface area contributed by atoms with Crippen molar-refractivity contribution in [2.75, 3.05) is 6.61 Å². The topological polar surface area (TPSA) is 277 Å². The van der Waals surface area contributed by atoms with Crippen LogP contribution in [0, 0.1) is 16.7 Å². The molecule has 3 aromatic rings. The average Bonchev–Trinajstić information content (AvgIpc) is 3.26. The normalized spacial score (nSPS) is 31.1. The van der Waals surface area contributed by atoms with Crippen LogP contribution in [0.2, 0.25) is 0 Å². The molecule has 3 fully saturated rings. The number of fused-ring (bicyclic) bond motifs is 5. The zero-order valence-electron chi connectivity index (χ0n) is 38.9. The number of ketones is 1. The molecule has 0 spiro atoms. The van der Waals surface area contributed by atoms with E-state index >= 15 is 4.79 Å². The maximum atomic E-state index is 15.8. The molecule has 7 rings (SSSR count). The van der Waals surface area contributed by atoms with Crippen LogP contribution in [0.1, 0.15) is 81.9 Å². The van der Waals surface area contributed by atoms with Gasteiger partial charge in [0.1, 0.15) is 30.0 Å². The Kier molecular flexibility index (Phi) is 17.1. The van der Waals surface area contributed by atoms with E-state index in [4.69, 9.17) is 28.2 Å². The molecule has 1 unspecified atom stereocenters. The van der Waals surface area contributed by atoms with Crippen molar-refractivity contribution < 1.29 is 141 Å². The summed E-state index contributed by atoms with van der Waals surface area (Å²) < 4.78 is 48.0. The van der Waals surface area contributed by atoms with Crippen LogP contribution < -0.4 is 69.1 Å². The number of nitrogens with zero attached hydrogens (tertiary/aromatic N) is 1. The molecule has 0 amide bonds. The molecule has 21 heteroatoms. The molecule has 1 saturated heterocycles. The quantitative estimate of drug-likeness (QED) is 0.0304. The summed E-state index contributed by atoms with van der Waals surface area (Å²) >= 11 is 0. The second kappa shape index (κ2) is 21.0. The van der Waals surface area contributed by atoms with Crippen LogP contribution >= 0.6 is 7.82 Å². The van der Waals surface area contributed by atoms with E-state index in [0.29, 0.717) is 0 Å². The van der Waals surface area contributed by atoms with E-state index < -0.39 is 133 Å². The molecule has 3 aromatic carbocycles. The first-order valence-electron chi connectivity index (χ1n) is 21.1. The Morgan fingerprint density at radius 1 is 0.868 bits per heavy atom. The largest absolute Gasteiger partial charge is 1.00 e. The van der Waals surface area contributed by atoms with Crippen LogP contribution in [-0.4, -0.2) is 105 Å². The Bertz CT molecular complexity index is 2500. The smallest absolute Gasteiger partial charge is 0.858 e. The van der Waals surface area contributed by atoms with E-state index in [0.717, 1.165) is 13.8 Å². The minimum atomic E-state index is -5.74. The summed E-state index contributed by atoms with van der Waals surface area (Å²) in [5.74, 6) is -7.99. The monoisotopic (exact) mass is 977 g/mol. The number of hydrogen-bond donors (Lipinski definition) is 3. The average molecular weight is 978 g/mol. The van der Waals surface area contributed by atoms with Crippen LogP contribution in [0.4, 0.5) is 0 Å². The molecular weight excluding hydrogens is 927 g/mol. The fourth-order valence-corrected chi connectivity index (χ4v) is 11.0. The predicted molar refractivity (Wildman–Crippen MR) is 225 cm³/mol. The van der Waals surface area contributed by atoms with Gasteiger partial charge in [0, 0.05) is 32.1 Å². The number of phosphoric ester groups is 1. The number of rotatable bonds is 12. The molecule has 2 bridgehead atoms. The van der Waals surface area contributed by atoms with E-state index in [9.17, 15) is 48.8 Å². The van der Waals surface area contributed by atoms with E-state index in [1.165, 1.54) is 76.2 Å². The van der Waals surface area contributed by atoms with Crippen molar-refractivity contribution in [3.05, 3.63) is 119 Å². The van der Waals surface area contributed by atoms with Gasteiger partial charge in [0.05, 0.1) is 29.6 Å². The summed E-state index contributed by atoms with van der Waals surface area (Å²) in [6.45, 7) is 7.17. The van der Waals surface area contributed by atoms with Gasteiger partial charge < -0.3 is 53.3 Å². The van der Waals surface area contributed by atoms with Gasteiger partial charge in [-0.3, -0.25) is 23.9 Å². The van der Waals surface area contributed by atoms with Crippen molar-refractivity contribution in [2.24, 2.45) is 21.7 Å². The van der Waals surface area contributed by atoms with Gasteiger partial charge >= 0.3 is 83.0 Å². The number of esters is 4. The van der Waals surface area contributed by atoms with Crippen LogP contribution in [0.3, 0.4) is 0 Å². The molecule has 18 nitrogen and oxygen atoms in total. The number of benzene rings is 3. The van der Waals surface area contributed by atoms with Crippen LogP contribution in [0.5, 0.6) is 0 Å². The van der Waals surface area contributed by atoms with Crippen molar-refractivity contribution in [2.45, 2.75) is 108 Å². The molecular formula is C47H50NNa2O17P. The molecule has 1 aliphatic heterocycles. The van der Waals surface area contributed by atoms with Gasteiger partial charge in [-0.25, -0.2) is 9.59 Å². The van der Waals surface area contributed by atoms with Gasteiger partial charge in [-0.2, -0.15) is 0 Å². The van der Waals surface area contributed by atoms with Gasteiger partial charge in [-0.15, -0.1) is 0 Å². The first kappa shape index (κ1) is 55.3. The maximum absolute atomic E-state index is 15.8. The Labute approximate surface area is 436 Å². The van der Waals surface area contributed by atoms with Crippen molar-refractivity contribution in [1.82, 2.24) is 0 Å². The summed E-state index contributed by atoms with van der Waals surface area (Å²) in [5.41, 5.74) is -8.51. The Morgan fingerprint density at radius 2 is 1.43 bits per heavy atom. The number of carbonyl (C=O) groups excluding carboxylic acids is 5. The molecule has 4 aliphatic rings. The van der Waals surface area contributed by atoms with E-state index in [2.05, 4.69) is 4.99 Å². The van der Waals surface area contributed by atoms with Crippen molar-refractivity contribution >= 4 is 43.4 Å². The molecule has 0 aromatic heterocycles. The summed E-state index contributed by atoms with van der Waals surface area (Å²) in [6, 6.07) is 21.9. The summed E-state index contributed by atoms with van der Waals surface area (Å²) in [4.78, 5) is 97.7. The van der Waals surface area contributed by atoms with Crippen molar-refractivity contribution in [3.8, 4) is 0 Å². The van der Waals surface area contributed by atoms with Gasteiger partial charge in [0.25, 0.3) is 7.82 Å². The van der Waals surface area contributed by atoms with Crippen molar-refractivity contribution in [1.29, 1.82) is 0 Å². The molecule has 12 atom stereocenters. The number of Topliss-reactive ketones (excluding diaryl/α,β-unsaturated/α-hetero) is 1. The predicted octanol–water partition coefficient (Wildman–Crippen LogP) is -3.39. The molecule has 2 saturated carbocycles. The fraction of sp³-hybridized carbons (Fsp3) is 0.447. The van der Waals surface area contributed by atoms with E-state index in [1.807, 2.05) is 0 Å². The zero-order chi connectivity index (χ0) is 48.1. The first-order valence-corrected chi connectivity index (χ1v) is 22.6. The SMILES string of the molecule is CC(=O)O[C@H]1C(=O)[C@]2(C)[C@@H](OP(=O)([O-])O)C[C@H]3OC[C@@]3(OC(C)=O)[C@H]2[C@H](OC(=O)c2ccccc2)[C@]2(O)C[C@H](OC(=O)[C@H](O)[C@@H](N=C([O-])c3ccccc3)c3ccccc3)C(C)=C1C2(C)C.[Na+].[Na+]. The Morgan fingerprint density at radius 3 is 1.94 bits per heavy atom. The van der Waals surface area contributed by atoms with Gasteiger partial charge in [-0.1, -0.05) is 92.7 Å². The standard InChI is InChI=1S/C47H52NO17P.2Na/c1-25-31(62-43(55)36(51)35(28-16-10-7-11-17-28)48-41(53)29-18-12-8-13-19-29)23-47(56)40(63-42(54)30-20-14-9-15-21-30)38-45(6,39(52)37(61-26(2)49)34(25)44(47,4)5)32(65-66(57,58)59)22-33-46(38,24-60-33)64-27(3)50;;/h7-21,31-33,35-38,40,51,56H,22-24H2,1-6H3,(H,48,53)(H2,57,58,59);;/q;2*+1/p-2/t31-,32-,33+,35-,36+,37+,38-,40-,45+,46-,47+;;/m0../s1.